The molecule has 120 valence electrons. The highest BCUT2D eigenvalue weighted by Crippen LogP contribution is 2.15. The van der Waals surface area contributed by atoms with Crippen LogP contribution in [0.2, 0.25) is 0 Å². The van der Waals surface area contributed by atoms with E-state index in [2.05, 4.69) is 0 Å². The molecule has 0 aliphatic rings. The SMILES string of the molecule is CCOC(=O)c1cccc(OCC(=O)c2ccc(F)c(C)c2)c1. The van der Waals surface area contributed by atoms with Crippen LogP contribution in [0.5, 0.6) is 5.75 Å². The molecule has 5 heteroatoms. The maximum absolute atomic E-state index is 13.2. The van der Waals surface area contributed by atoms with E-state index in [4.69, 9.17) is 9.47 Å². The fraction of sp³-hybridized carbons (Fsp3) is 0.222. The van der Waals surface area contributed by atoms with Gasteiger partial charge < -0.3 is 9.47 Å². The van der Waals surface area contributed by atoms with Gasteiger partial charge >= 0.3 is 5.97 Å². The first kappa shape index (κ1) is 16.7. The summed E-state index contributed by atoms with van der Waals surface area (Å²) in [5, 5.41) is 0. The molecule has 0 bridgehead atoms. The Morgan fingerprint density at radius 2 is 1.87 bits per heavy atom. The second kappa shape index (κ2) is 7.54. The fourth-order valence-corrected chi connectivity index (χ4v) is 1.98. The quantitative estimate of drug-likeness (QED) is 0.604. The number of rotatable bonds is 6. The molecular formula is C18H17FO4. The van der Waals surface area contributed by atoms with Crippen molar-refractivity contribution in [3.05, 3.63) is 65.0 Å². The van der Waals surface area contributed by atoms with Crippen molar-refractivity contribution in [2.24, 2.45) is 0 Å². The van der Waals surface area contributed by atoms with Crippen molar-refractivity contribution < 1.29 is 23.5 Å². The van der Waals surface area contributed by atoms with E-state index in [0.29, 0.717) is 22.4 Å². The molecule has 2 rings (SSSR count). The number of ketones is 1. The van der Waals surface area contributed by atoms with Gasteiger partial charge in [0.1, 0.15) is 11.6 Å². The van der Waals surface area contributed by atoms with Gasteiger partial charge in [0, 0.05) is 5.56 Å². The van der Waals surface area contributed by atoms with Gasteiger partial charge in [-0.1, -0.05) is 6.07 Å². The van der Waals surface area contributed by atoms with Crippen LogP contribution in [0.15, 0.2) is 42.5 Å². The molecule has 4 nitrogen and oxygen atoms in total. The lowest BCUT2D eigenvalue weighted by Crippen LogP contribution is -2.12. The number of carbonyl (C=O) groups excluding carboxylic acids is 2. The van der Waals surface area contributed by atoms with Gasteiger partial charge in [-0.25, -0.2) is 9.18 Å². The van der Waals surface area contributed by atoms with Crippen LogP contribution in [0.25, 0.3) is 0 Å². The van der Waals surface area contributed by atoms with Gasteiger partial charge in [-0.15, -0.1) is 0 Å². The van der Waals surface area contributed by atoms with Crippen LogP contribution in [-0.4, -0.2) is 25.0 Å². The highest BCUT2D eigenvalue weighted by atomic mass is 19.1. The van der Waals surface area contributed by atoms with E-state index in [1.54, 1.807) is 32.0 Å². The number of halogens is 1. The summed E-state index contributed by atoms with van der Waals surface area (Å²) in [5.41, 5.74) is 1.14. The molecule has 23 heavy (non-hydrogen) atoms. The van der Waals surface area contributed by atoms with Gasteiger partial charge in [-0.05, 0) is 55.8 Å². The summed E-state index contributed by atoms with van der Waals surface area (Å²) in [4.78, 5) is 23.7. The van der Waals surface area contributed by atoms with Crippen LogP contribution in [0.3, 0.4) is 0 Å². The molecule has 0 heterocycles. The minimum Gasteiger partial charge on any atom is -0.485 e. The molecule has 0 atom stereocenters. The van der Waals surface area contributed by atoms with Crippen molar-refractivity contribution >= 4 is 11.8 Å². The van der Waals surface area contributed by atoms with Crippen LogP contribution in [0.1, 0.15) is 33.2 Å². The molecule has 0 aliphatic carbocycles. The van der Waals surface area contributed by atoms with Crippen molar-refractivity contribution in [1.82, 2.24) is 0 Å². The highest BCUT2D eigenvalue weighted by Gasteiger charge is 2.11. The average molecular weight is 316 g/mol. The second-order valence-corrected chi connectivity index (χ2v) is 4.92. The summed E-state index contributed by atoms with van der Waals surface area (Å²) in [5.74, 6) is -0.680. The topological polar surface area (TPSA) is 52.6 Å². The molecule has 0 amide bonds. The molecule has 0 saturated heterocycles. The van der Waals surface area contributed by atoms with E-state index in [1.807, 2.05) is 0 Å². The molecule has 0 fully saturated rings. The Labute approximate surface area is 133 Å². The molecule has 0 N–H and O–H groups in total. The van der Waals surface area contributed by atoms with Gasteiger partial charge in [0.05, 0.1) is 12.2 Å². The van der Waals surface area contributed by atoms with Gasteiger partial charge in [-0.2, -0.15) is 0 Å². The van der Waals surface area contributed by atoms with E-state index in [-0.39, 0.29) is 24.8 Å². The van der Waals surface area contributed by atoms with Gasteiger partial charge in [-0.3, -0.25) is 4.79 Å². The molecule has 0 unspecified atom stereocenters. The Morgan fingerprint density at radius 1 is 1.09 bits per heavy atom. The summed E-state index contributed by atoms with van der Waals surface area (Å²) in [7, 11) is 0. The summed E-state index contributed by atoms with van der Waals surface area (Å²) in [6.45, 7) is 3.40. The third-order valence-electron chi connectivity index (χ3n) is 3.20. The minimum atomic E-state index is -0.446. The Hall–Kier alpha value is -2.69. The van der Waals surface area contributed by atoms with Crippen molar-refractivity contribution in [1.29, 1.82) is 0 Å². The van der Waals surface area contributed by atoms with Crippen molar-refractivity contribution in [2.45, 2.75) is 13.8 Å². The zero-order valence-corrected chi connectivity index (χ0v) is 13.0. The molecule has 0 aliphatic heterocycles. The minimum absolute atomic E-state index is 0.197. The van der Waals surface area contributed by atoms with E-state index < -0.39 is 5.97 Å². The van der Waals surface area contributed by atoms with Crippen molar-refractivity contribution in [3.8, 4) is 5.75 Å². The van der Waals surface area contributed by atoms with Gasteiger partial charge in [0.15, 0.2) is 12.4 Å². The number of aryl methyl sites for hydroxylation is 1. The highest BCUT2D eigenvalue weighted by molar-refractivity contribution is 5.97. The average Bonchev–Trinajstić information content (AvgIpc) is 2.55. The number of esters is 1. The first-order chi connectivity index (χ1) is 11.0. The molecule has 0 radical (unpaired) electrons. The predicted molar refractivity (Wildman–Crippen MR) is 83.4 cm³/mol. The van der Waals surface area contributed by atoms with E-state index in [9.17, 15) is 14.0 Å². The molecule has 2 aromatic rings. The standard InChI is InChI=1S/C18H17FO4/c1-3-22-18(21)14-5-4-6-15(10-14)23-11-17(20)13-7-8-16(19)12(2)9-13/h4-10H,3,11H2,1-2H3. The number of hydrogen-bond acceptors (Lipinski definition) is 4. The first-order valence-corrected chi connectivity index (χ1v) is 7.20. The molecular weight excluding hydrogens is 299 g/mol. The lowest BCUT2D eigenvalue weighted by molar-refractivity contribution is 0.0526. The van der Waals surface area contributed by atoms with Crippen LogP contribution in [-0.2, 0) is 4.74 Å². The maximum Gasteiger partial charge on any atom is 0.338 e. The van der Waals surface area contributed by atoms with E-state index in [1.165, 1.54) is 24.3 Å². The number of carbonyl (C=O) groups is 2. The second-order valence-electron chi connectivity index (χ2n) is 4.92. The Balaban J connectivity index is 2.02. The fourth-order valence-electron chi connectivity index (χ4n) is 1.98. The summed E-state index contributed by atoms with van der Waals surface area (Å²) < 4.78 is 23.5. The van der Waals surface area contributed by atoms with Crippen LogP contribution >= 0.6 is 0 Å². The predicted octanol–water partition coefficient (Wildman–Crippen LogP) is 3.57. The van der Waals surface area contributed by atoms with Crippen LogP contribution in [0.4, 0.5) is 4.39 Å². The monoisotopic (exact) mass is 316 g/mol. The maximum atomic E-state index is 13.2. The van der Waals surface area contributed by atoms with Gasteiger partial charge in [0.2, 0.25) is 0 Å². The molecule has 0 spiro atoms. The zero-order chi connectivity index (χ0) is 16.8. The number of hydrogen-bond donors (Lipinski definition) is 0. The van der Waals surface area contributed by atoms with E-state index >= 15 is 0 Å². The molecule has 2 aromatic carbocycles. The molecule has 0 saturated carbocycles. The Bertz CT molecular complexity index is 725. The van der Waals surface area contributed by atoms with Crippen LogP contribution in [0, 0.1) is 12.7 Å². The summed E-state index contributed by atoms with van der Waals surface area (Å²) in [6.07, 6.45) is 0. The first-order valence-electron chi connectivity index (χ1n) is 7.20. The zero-order valence-electron chi connectivity index (χ0n) is 13.0. The number of benzene rings is 2. The lowest BCUT2D eigenvalue weighted by Gasteiger charge is -2.08. The number of Topliss-reactive ketones (excluding diaryl/α,β-unsaturated/α-hetero) is 1. The third kappa shape index (κ3) is 4.39. The summed E-state index contributed by atoms with van der Waals surface area (Å²) in [6, 6.07) is 10.6. The number of ether oxygens (including phenoxy) is 2. The molecule has 0 aromatic heterocycles. The smallest absolute Gasteiger partial charge is 0.338 e. The largest absolute Gasteiger partial charge is 0.485 e. The van der Waals surface area contributed by atoms with Crippen molar-refractivity contribution in [3.63, 3.8) is 0 Å². The van der Waals surface area contributed by atoms with Crippen molar-refractivity contribution in [2.75, 3.05) is 13.2 Å². The lowest BCUT2D eigenvalue weighted by atomic mass is 10.1. The van der Waals surface area contributed by atoms with Gasteiger partial charge in [0.25, 0.3) is 0 Å². The Morgan fingerprint density at radius 3 is 2.57 bits per heavy atom. The summed E-state index contributed by atoms with van der Waals surface area (Å²) >= 11 is 0. The third-order valence-corrected chi connectivity index (χ3v) is 3.20. The Kier molecular flexibility index (Phi) is 5.46. The normalized spacial score (nSPS) is 10.2. The van der Waals surface area contributed by atoms with Crippen LogP contribution < -0.4 is 4.74 Å². The van der Waals surface area contributed by atoms with E-state index in [0.717, 1.165) is 0 Å².